The van der Waals surface area contributed by atoms with Crippen LogP contribution >= 0.6 is 11.8 Å². The van der Waals surface area contributed by atoms with Gasteiger partial charge < -0.3 is 14.2 Å². The van der Waals surface area contributed by atoms with Gasteiger partial charge in [-0.25, -0.2) is 0 Å². The quantitative estimate of drug-likeness (QED) is 0.745. The molecule has 0 aliphatic carbocycles. The highest BCUT2D eigenvalue weighted by atomic mass is 32.2. The van der Waals surface area contributed by atoms with Crippen molar-refractivity contribution in [1.29, 1.82) is 0 Å². The van der Waals surface area contributed by atoms with Crippen molar-refractivity contribution in [2.75, 3.05) is 25.2 Å². The average Bonchev–Trinajstić information content (AvgIpc) is 2.20. The van der Waals surface area contributed by atoms with Crippen molar-refractivity contribution in [2.24, 2.45) is 5.41 Å². The molecule has 1 aliphatic heterocycles. The molecule has 0 saturated carbocycles. The van der Waals surface area contributed by atoms with E-state index in [1.165, 1.54) is 0 Å². The third-order valence-electron chi connectivity index (χ3n) is 2.84. The number of carbonyl (C=O) groups is 1. The van der Waals surface area contributed by atoms with Crippen LogP contribution < -0.4 is 0 Å². The first kappa shape index (κ1) is 16.8. The first-order valence-corrected chi connectivity index (χ1v) is 7.96. The number of carbonyl (C=O) groups excluding carboxylic acids is 1. The summed E-state index contributed by atoms with van der Waals surface area (Å²) in [5.74, 6) is 0.0755. The molecule has 112 valence electrons. The van der Waals surface area contributed by atoms with E-state index >= 15 is 0 Å². The van der Waals surface area contributed by atoms with Gasteiger partial charge in [-0.15, -0.1) is 0 Å². The molecule has 0 N–H and O–H groups in total. The summed E-state index contributed by atoms with van der Waals surface area (Å²) in [5, 5.41) is 0. The summed E-state index contributed by atoms with van der Waals surface area (Å²) in [6, 6.07) is 0. The Labute approximate surface area is 120 Å². The fourth-order valence-corrected chi connectivity index (χ4v) is 2.84. The van der Waals surface area contributed by atoms with Crippen LogP contribution in [0.5, 0.6) is 0 Å². The van der Waals surface area contributed by atoms with E-state index in [0.29, 0.717) is 19.6 Å². The predicted molar refractivity (Wildman–Crippen MR) is 77.3 cm³/mol. The van der Waals surface area contributed by atoms with Gasteiger partial charge >= 0.3 is 5.97 Å². The first-order chi connectivity index (χ1) is 8.58. The Hall–Kier alpha value is -0.260. The fourth-order valence-electron chi connectivity index (χ4n) is 1.96. The second-order valence-electron chi connectivity index (χ2n) is 6.67. The minimum Gasteiger partial charge on any atom is -0.460 e. The van der Waals surface area contributed by atoms with Gasteiger partial charge in [0.15, 0.2) is 5.79 Å². The topological polar surface area (TPSA) is 44.8 Å². The molecule has 1 heterocycles. The highest BCUT2D eigenvalue weighted by Gasteiger charge is 2.42. The number of ether oxygens (including phenoxy) is 3. The Morgan fingerprint density at radius 1 is 1.26 bits per heavy atom. The smallest absolute Gasteiger partial charge is 0.307 e. The Morgan fingerprint density at radius 3 is 2.21 bits per heavy atom. The molecular weight excluding hydrogens is 264 g/mol. The number of thioether (sulfide) groups is 1. The zero-order valence-electron chi connectivity index (χ0n) is 12.9. The van der Waals surface area contributed by atoms with E-state index < -0.39 is 11.4 Å². The highest BCUT2D eigenvalue weighted by molar-refractivity contribution is 7.98. The molecule has 0 spiro atoms. The van der Waals surface area contributed by atoms with Crippen molar-refractivity contribution < 1.29 is 19.0 Å². The minimum absolute atomic E-state index is 0.187. The van der Waals surface area contributed by atoms with E-state index in [1.54, 1.807) is 11.8 Å². The molecule has 1 rings (SSSR count). The van der Waals surface area contributed by atoms with Crippen LogP contribution in [0.2, 0.25) is 0 Å². The van der Waals surface area contributed by atoms with Gasteiger partial charge in [0.1, 0.15) is 5.60 Å². The second kappa shape index (κ2) is 6.02. The largest absolute Gasteiger partial charge is 0.460 e. The second-order valence-corrected chi connectivity index (χ2v) is 7.54. The van der Waals surface area contributed by atoms with Gasteiger partial charge in [-0.3, -0.25) is 4.79 Å². The normalized spacial score (nSPS) is 22.0. The van der Waals surface area contributed by atoms with E-state index in [4.69, 9.17) is 14.2 Å². The molecule has 0 aromatic heterocycles. The standard InChI is InChI=1S/C14H26O4S/c1-12(2,3)18-11(15)7-14(10-19-6)8-16-13(4,5)17-9-14/h7-10H2,1-6H3. The van der Waals surface area contributed by atoms with Crippen molar-refractivity contribution in [1.82, 2.24) is 0 Å². The van der Waals surface area contributed by atoms with Gasteiger partial charge in [0.25, 0.3) is 0 Å². The van der Waals surface area contributed by atoms with Crippen molar-refractivity contribution in [2.45, 2.75) is 52.4 Å². The van der Waals surface area contributed by atoms with E-state index in [9.17, 15) is 4.79 Å². The van der Waals surface area contributed by atoms with Gasteiger partial charge in [-0.1, -0.05) is 0 Å². The van der Waals surface area contributed by atoms with Crippen LogP contribution in [-0.4, -0.2) is 42.6 Å². The Balaban J connectivity index is 2.65. The molecule has 0 amide bonds. The third-order valence-corrected chi connectivity index (χ3v) is 3.74. The number of hydrogen-bond acceptors (Lipinski definition) is 5. The summed E-state index contributed by atoms with van der Waals surface area (Å²) in [4.78, 5) is 12.0. The van der Waals surface area contributed by atoms with Gasteiger partial charge in [0, 0.05) is 11.2 Å². The maximum absolute atomic E-state index is 12.0. The van der Waals surface area contributed by atoms with Gasteiger partial charge in [-0.2, -0.15) is 11.8 Å². The molecule has 19 heavy (non-hydrogen) atoms. The van der Waals surface area contributed by atoms with Crippen LogP contribution in [0.4, 0.5) is 0 Å². The zero-order chi connectivity index (χ0) is 14.7. The first-order valence-electron chi connectivity index (χ1n) is 6.56. The summed E-state index contributed by atoms with van der Waals surface area (Å²) in [7, 11) is 0. The third kappa shape index (κ3) is 5.71. The van der Waals surface area contributed by atoms with Crippen molar-refractivity contribution in [3.8, 4) is 0 Å². The Kier molecular flexibility index (Phi) is 5.32. The molecule has 4 nitrogen and oxygen atoms in total. The van der Waals surface area contributed by atoms with Crippen LogP contribution in [0.1, 0.15) is 41.0 Å². The zero-order valence-corrected chi connectivity index (χ0v) is 13.7. The monoisotopic (exact) mass is 290 g/mol. The molecule has 1 saturated heterocycles. The summed E-state index contributed by atoms with van der Waals surface area (Å²) in [6.07, 6.45) is 2.36. The highest BCUT2D eigenvalue weighted by Crippen LogP contribution is 2.35. The predicted octanol–water partition coefficient (Wildman–Crippen LogP) is 2.85. The number of esters is 1. The molecule has 0 unspecified atom stereocenters. The Bertz CT molecular complexity index is 310. The summed E-state index contributed by atoms with van der Waals surface area (Å²) in [6.45, 7) is 10.5. The molecular formula is C14H26O4S. The van der Waals surface area contributed by atoms with E-state index in [1.807, 2.05) is 40.9 Å². The van der Waals surface area contributed by atoms with E-state index in [2.05, 4.69) is 0 Å². The van der Waals surface area contributed by atoms with E-state index in [0.717, 1.165) is 5.75 Å². The maximum atomic E-state index is 12.0. The summed E-state index contributed by atoms with van der Waals surface area (Å²) < 4.78 is 16.8. The lowest BCUT2D eigenvalue weighted by atomic mass is 9.87. The molecule has 0 aromatic rings. The van der Waals surface area contributed by atoms with E-state index in [-0.39, 0.29) is 11.4 Å². The minimum atomic E-state index is -0.560. The van der Waals surface area contributed by atoms with Crippen molar-refractivity contribution >= 4 is 17.7 Å². The molecule has 1 aliphatic rings. The SMILES string of the molecule is CSCC1(CC(=O)OC(C)(C)C)COC(C)(C)OC1. The van der Waals surface area contributed by atoms with Crippen LogP contribution in [0.3, 0.4) is 0 Å². The van der Waals surface area contributed by atoms with Crippen molar-refractivity contribution in [3.63, 3.8) is 0 Å². The van der Waals surface area contributed by atoms with Crippen molar-refractivity contribution in [3.05, 3.63) is 0 Å². The van der Waals surface area contributed by atoms with Gasteiger partial charge in [-0.05, 0) is 40.9 Å². The molecule has 0 aromatic carbocycles. The molecule has 5 heteroatoms. The number of rotatable bonds is 4. The molecule has 0 atom stereocenters. The molecule has 0 radical (unpaired) electrons. The lowest BCUT2D eigenvalue weighted by Gasteiger charge is -2.43. The molecule has 1 fully saturated rings. The van der Waals surface area contributed by atoms with Crippen LogP contribution in [0, 0.1) is 5.41 Å². The van der Waals surface area contributed by atoms with Crippen LogP contribution in [0.15, 0.2) is 0 Å². The van der Waals surface area contributed by atoms with Gasteiger partial charge in [0.2, 0.25) is 0 Å². The maximum Gasteiger partial charge on any atom is 0.307 e. The van der Waals surface area contributed by atoms with Crippen LogP contribution in [0.25, 0.3) is 0 Å². The molecule has 0 bridgehead atoms. The van der Waals surface area contributed by atoms with Crippen LogP contribution in [-0.2, 0) is 19.0 Å². The summed E-state index contributed by atoms with van der Waals surface area (Å²) >= 11 is 1.70. The lowest BCUT2D eigenvalue weighted by Crippen LogP contribution is -2.49. The Morgan fingerprint density at radius 2 is 1.79 bits per heavy atom. The lowest BCUT2D eigenvalue weighted by molar-refractivity contribution is -0.282. The van der Waals surface area contributed by atoms with Gasteiger partial charge in [0.05, 0.1) is 19.6 Å². The fraction of sp³-hybridized carbons (Fsp3) is 0.929. The summed E-state index contributed by atoms with van der Waals surface area (Å²) in [5.41, 5.74) is -0.732. The average molecular weight is 290 g/mol. The number of hydrogen-bond donors (Lipinski definition) is 0.